The fraction of sp³-hybridized carbons (Fsp3) is 0.417. The number of rotatable bonds is 6. The highest BCUT2D eigenvalue weighted by Gasteiger charge is 2.17. The number of carbonyl (C=O) groups excluding carboxylic acids is 2. The molecule has 0 spiro atoms. The van der Waals surface area contributed by atoms with Crippen molar-refractivity contribution in [1.29, 1.82) is 0 Å². The van der Waals surface area contributed by atoms with Crippen LogP contribution in [-0.4, -0.2) is 32.9 Å². The molecule has 1 aromatic heterocycles. The van der Waals surface area contributed by atoms with E-state index in [9.17, 15) is 9.59 Å². The number of amides is 2. The van der Waals surface area contributed by atoms with Crippen molar-refractivity contribution in [2.24, 2.45) is 0 Å². The average molecular weight is 420 g/mol. The van der Waals surface area contributed by atoms with Crippen LogP contribution in [0.25, 0.3) is 11.0 Å². The largest absolute Gasteiger partial charge is 0.349 e. The lowest BCUT2D eigenvalue weighted by Gasteiger charge is -2.16. The number of fused-ring (bicyclic) bond motifs is 1. The van der Waals surface area contributed by atoms with Gasteiger partial charge in [-0.3, -0.25) is 9.59 Å². The second-order valence-electron chi connectivity index (χ2n) is 8.34. The van der Waals surface area contributed by atoms with Crippen LogP contribution in [0.5, 0.6) is 0 Å². The predicted octanol–water partition coefficient (Wildman–Crippen LogP) is 4.22. The van der Waals surface area contributed by atoms with Gasteiger partial charge in [0.05, 0.1) is 12.1 Å². The maximum atomic E-state index is 12.7. The maximum Gasteiger partial charge on any atom is 0.251 e. The monoisotopic (exact) mass is 419 g/mol. The number of carbonyl (C=O) groups is 2. The summed E-state index contributed by atoms with van der Waals surface area (Å²) in [5.74, 6) is -0.132. The first-order chi connectivity index (χ1) is 15.1. The second kappa shape index (κ2) is 9.73. The van der Waals surface area contributed by atoms with Gasteiger partial charge in [-0.15, -0.1) is 5.10 Å². The highest BCUT2D eigenvalue weighted by Crippen LogP contribution is 2.19. The normalized spacial score (nSPS) is 14.9. The van der Waals surface area contributed by atoms with E-state index in [1.54, 1.807) is 16.8 Å². The number of aromatic nitrogens is 3. The fourth-order valence-electron chi connectivity index (χ4n) is 4.04. The van der Waals surface area contributed by atoms with Gasteiger partial charge in [0.2, 0.25) is 5.91 Å². The summed E-state index contributed by atoms with van der Waals surface area (Å²) in [6.07, 6.45) is 7.25. The van der Waals surface area contributed by atoms with Crippen molar-refractivity contribution in [3.63, 3.8) is 0 Å². The molecule has 0 aliphatic heterocycles. The molecule has 162 valence electrons. The summed E-state index contributed by atoms with van der Waals surface area (Å²) >= 11 is 0. The van der Waals surface area contributed by atoms with E-state index in [0.29, 0.717) is 17.6 Å². The van der Waals surface area contributed by atoms with Gasteiger partial charge in [0.15, 0.2) is 0 Å². The molecule has 2 amide bonds. The molecule has 2 N–H and O–H groups in total. The van der Waals surface area contributed by atoms with Gasteiger partial charge in [-0.25, -0.2) is 4.68 Å². The molecule has 1 saturated carbocycles. The fourth-order valence-corrected chi connectivity index (χ4v) is 4.04. The van der Waals surface area contributed by atoms with Crippen molar-refractivity contribution in [1.82, 2.24) is 20.3 Å². The van der Waals surface area contributed by atoms with Crippen LogP contribution in [0.15, 0.2) is 42.5 Å². The first-order valence-electron chi connectivity index (χ1n) is 11.1. The number of nitrogens with one attached hydrogen (secondary N) is 2. The van der Waals surface area contributed by atoms with Crippen molar-refractivity contribution in [3.05, 3.63) is 53.6 Å². The van der Waals surface area contributed by atoms with Crippen LogP contribution in [0.2, 0.25) is 0 Å². The number of hydrogen-bond acceptors (Lipinski definition) is 4. The summed E-state index contributed by atoms with van der Waals surface area (Å²) < 4.78 is 1.71. The van der Waals surface area contributed by atoms with E-state index in [0.717, 1.165) is 29.6 Å². The van der Waals surface area contributed by atoms with Crippen LogP contribution >= 0.6 is 0 Å². The average Bonchev–Trinajstić information content (AvgIpc) is 3.00. The summed E-state index contributed by atoms with van der Waals surface area (Å²) in [6.45, 7) is 2.43. The van der Waals surface area contributed by atoms with Crippen molar-refractivity contribution in [2.45, 2.75) is 64.5 Å². The van der Waals surface area contributed by atoms with Gasteiger partial charge in [-0.05, 0) is 50.1 Å². The van der Waals surface area contributed by atoms with Crippen molar-refractivity contribution >= 4 is 28.5 Å². The van der Waals surface area contributed by atoms with E-state index in [1.165, 1.54) is 25.7 Å². The van der Waals surface area contributed by atoms with Crippen molar-refractivity contribution in [3.8, 4) is 0 Å². The van der Waals surface area contributed by atoms with Crippen LogP contribution in [0, 0.1) is 6.92 Å². The summed E-state index contributed by atoms with van der Waals surface area (Å²) in [6, 6.07) is 13.4. The Balaban J connectivity index is 1.36. The first kappa shape index (κ1) is 21.0. The Morgan fingerprint density at radius 3 is 2.52 bits per heavy atom. The Bertz CT molecular complexity index is 1050. The molecule has 0 unspecified atom stereocenters. The lowest BCUT2D eigenvalue weighted by Crippen LogP contribution is -2.34. The van der Waals surface area contributed by atoms with Gasteiger partial charge >= 0.3 is 0 Å². The first-order valence-corrected chi connectivity index (χ1v) is 11.1. The minimum atomic E-state index is -0.0769. The van der Waals surface area contributed by atoms with Gasteiger partial charge in [-0.2, -0.15) is 0 Å². The lowest BCUT2D eigenvalue weighted by molar-refractivity contribution is -0.116. The van der Waals surface area contributed by atoms with E-state index in [4.69, 9.17) is 0 Å². The Morgan fingerprint density at radius 1 is 1.03 bits per heavy atom. The third-order valence-corrected chi connectivity index (χ3v) is 5.85. The molecular formula is C24H29N5O2. The number of benzene rings is 2. The highest BCUT2D eigenvalue weighted by atomic mass is 16.2. The molecular weight excluding hydrogens is 390 g/mol. The van der Waals surface area contributed by atoms with Gasteiger partial charge in [-0.1, -0.05) is 48.6 Å². The minimum Gasteiger partial charge on any atom is -0.349 e. The van der Waals surface area contributed by atoms with E-state index in [-0.39, 0.29) is 24.3 Å². The standard InChI is InChI=1S/C24H29N5O2/c1-17-8-11-20(12-9-17)25-23(30)14-15-29-22-13-10-18(16-21(22)27-28-29)24(31)26-19-6-4-2-3-5-7-19/h8-13,16,19H,2-7,14-15H2,1H3,(H,25,30)(H,26,31). The minimum absolute atomic E-state index is 0.0548. The van der Waals surface area contributed by atoms with Gasteiger partial charge in [0.1, 0.15) is 5.52 Å². The van der Waals surface area contributed by atoms with Gasteiger partial charge in [0.25, 0.3) is 5.91 Å². The zero-order valence-corrected chi connectivity index (χ0v) is 17.9. The molecule has 1 heterocycles. The Hall–Kier alpha value is -3.22. The third kappa shape index (κ3) is 5.48. The molecule has 1 aliphatic rings. The van der Waals surface area contributed by atoms with Crippen LogP contribution in [0.1, 0.15) is 60.9 Å². The van der Waals surface area contributed by atoms with E-state index in [1.807, 2.05) is 37.3 Å². The Kier molecular flexibility index (Phi) is 6.60. The molecule has 1 aliphatic carbocycles. The smallest absolute Gasteiger partial charge is 0.251 e. The molecule has 4 rings (SSSR count). The molecule has 1 fully saturated rings. The van der Waals surface area contributed by atoms with Gasteiger partial charge < -0.3 is 10.6 Å². The number of anilines is 1. The molecule has 3 aromatic rings. The quantitative estimate of drug-likeness (QED) is 0.586. The SMILES string of the molecule is Cc1ccc(NC(=O)CCn2nnc3cc(C(=O)NC4CCCCCC4)ccc32)cc1. The Labute approximate surface area is 182 Å². The second-order valence-corrected chi connectivity index (χ2v) is 8.34. The number of hydrogen-bond donors (Lipinski definition) is 2. The van der Waals surface area contributed by atoms with Crippen LogP contribution in [0.3, 0.4) is 0 Å². The van der Waals surface area contributed by atoms with Crippen LogP contribution < -0.4 is 10.6 Å². The van der Waals surface area contributed by atoms with Crippen molar-refractivity contribution < 1.29 is 9.59 Å². The molecule has 0 atom stereocenters. The Morgan fingerprint density at radius 2 is 1.77 bits per heavy atom. The zero-order valence-electron chi connectivity index (χ0n) is 17.9. The topological polar surface area (TPSA) is 88.9 Å². The van der Waals surface area contributed by atoms with Gasteiger partial charge in [0, 0.05) is 23.7 Å². The zero-order chi connectivity index (χ0) is 21.6. The molecule has 7 nitrogen and oxygen atoms in total. The molecule has 31 heavy (non-hydrogen) atoms. The number of aryl methyl sites for hydroxylation is 2. The summed E-state index contributed by atoms with van der Waals surface area (Å²) in [5.41, 5.74) is 4.00. The van der Waals surface area contributed by atoms with Crippen molar-refractivity contribution in [2.75, 3.05) is 5.32 Å². The highest BCUT2D eigenvalue weighted by molar-refractivity contribution is 5.97. The maximum absolute atomic E-state index is 12.7. The van der Waals surface area contributed by atoms with Crippen LogP contribution in [-0.2, 0) is 11.3 Å². The van der Waals surface area contributed by atoms with Crippen LogP contribution in [0.4, 0.5) is 5.69 Å². The molecule has 2 aromatic carbocycles. The van der Waals surface area contributed by atoms with E-state index in [2.05, 4.69) is 20.9 Å². The van der Waals surface area contributed by atoms with E-state index < -0.39 is 0 Å². The summed E-state index contributed by atoms with van der Waals surface area (Å²) in [5, 5.41) is 14.4. The summed E-state index contributed by atoms with van der Waals surface area (Å²) in [7, 11) is 0. The molecule has 0 bridgehead atoms. The third-order valence-electron chi connectivity index (χ3n) is 5.85. The molecule has 7 heteroatoms. The molecule has 0 saturated heterocycles. The predicted molar refractivity (Wildman–Crippen MR) is 121 cm³/mol. The lowest BCUT2D eigenvalue weighted by atomic mass is 10.1. The van der Waals surface area contributed by atoms with E-state index >= 15 is 0 Å². The summed E-state index contributed by atoms with van der Waals surface area (Å²) in [4.78, 5) is 24.9. The molecule has 0 radical (unpaired) electrons. The number of nitrogens with zero attached hydrogens (tertiary/aromatic N) is 3.